The van der Waals surface area contributed by atoms with Crippen LogP contribution in [-0.2, 0) is 0 Å². The number of nitrogens with two attached hydrogens (primary N) is 1. The standard InChI is InChI=1S/C15H24N2O3/c1-15(2,3)14(4-5-18)17-11-9-13-12(8-10(11)16)19-6-7-20-13/h8-9,14,17-18H,4-7,16H2,1-3H3. The van der Waals surface area contributed by atoms with Crippen LogP contribution in [-0.4, -0.2) is 31.0 Å². The molecule has 0 fully saturated rings. The van der Waals surface area contributed by atoms with Gasteiger partial charge in [-0.3, -0.25) is 0 Å². The molecule has 5 heteroatoms. The average molecular weight is 280 g/mol. The molecule has 0 saturated carbocycles. The molecule has 1 atom stereocenters. The quantitative estimate of drug-likeness (QED) is 0.737. The second kappa shape index (κ2) is 5.79. The second-order valence-electron chi connectivity index (χ2n) is 6.16. The average Bonchev–Trinajstić information content (AvgIpc) is 2.37. The fourth-order valence-corrected chi connectivity index (χ4v) is 2.27. The van der Waals surface area contributed by atoms with Crippen LogP contribution in [0.4, 0.5) is 11.4 Å². The molecule has 0 amide bonds. The van der Waals surface area contributed by atoms with E-state index >= 15 is 0 Å². The lowest BCUT2D eigenvalue weighted by Gasteiger charge is -2.33. The van der Waals surface area contributed by atoms with Crippen LogP contribution >= 0.6 is 0 Å². The van der Waals surface area contributed by atoms with Gasteiger partial charge in [-0.05, 0) is 11.8 Å². The first-order chi connectivity index (χ1) is 9.41. The van der Waals surface area contributed by atoms with Crippen LogP contribution in [0.1, 0.15) is 27.2 Å². The topological polar surface area (TPSA) is 76.7 Å². The van der Waals surface area contributed by atoms with Gasteiger partial charge >= 0.3 is 0 Å². The predicted molar refractivity (Wildman–Crippen MR) is 80.4 cm³/mol. The Kier molecular flexibility index (Phi) is 4.28. The zero-order chi connectivity index (χ0) is 14.8. The molecule has 0 aromatic heterocycles. The normalized spacial score (nSPS) is 15.8. The highest BCUT2D eigenvalue weighted by molar-refractivity contribution is 5.72. The summed E-state index contributed by atoms with van der Waals surface area (Å²) in [6.07, 6.45) is 0.664. The van der Waals surface area contributed by atoms with Gasteiger partial charge in [0.15, 0.2) is 11.5 Å². The highest BCUT2D eigenvalue weighted by atomic mass is 16.6. The third kappa shape index (κ3) is 3.28. The van der Waals surface area contributed by atoms with Crippen LogP contribution in [0.25, 0.3) is 0 Å². The Morgan fingerprint density at radius 1 is 1.25 bits per heavy atom. The van der Waals surface area contributed by atoms with E-state index in [-0.39, 0.29) is 18.1 Å². The number of nitrogens with one attached hydrogen (secondary N) is 1. The van der Waals surface area contributed by atoms with Crippen LogP contribution in [0, 0.1) is 5.41 Å². The van der Waals surface area contributed by atoms with Crippen molar-refractivity contribution in [1.29, 1.82) is 0 Å². The molecule has 0 spiro atoms. The van der Waals surface area contributed by atoms with Crippen molar-refractivity contribution >= 4 is 11.4 Å². The van der Waals surface area contributed by atoms with Crippen molar-refractivity contribution < 1.29 is 14.6 Å². The Morgan fingerprint density at radius 2 is 1.85 bits per heavy atom. The molecule has 0 saturated heterocycles. The molecular weight excluding hydrogens is 256 g/mol. The van der Waals surface area contributed by atoms with Gasteiger partial charge in [0.25, 0.3) is 0 Å². The maximum Gasteiger partial charge on any atom is 0.163 e. The summed E-state index contributed by atoms with van der Waals surface area (Å²) < 4.78 is 11.1. The first kappa shape index (κ1) is 14.8. The molecule has 1 aromatic rings. The monoisotopic (exact) mass is 280 g/mol. The predicted octanol–water partition coefficient (Wildman–Crippen LogP) is 2.25. The van der Waals surface area contributed by atoms with E-state index in [1.807, 2.05) is 6.07 Å². The van der Waals surface area contributed by atoms with E-state index in [1.54, 1.807) is 6.07 Å². The van der Waals surface area contributed by atoms with E-state index < -0.39 is 0 Å². The lowest BCUT2D eigenvalue weighted by atomic mass is 9.84. The van der Waals surface area contributed by atoms with Crippen LogP contribution in [0.5, 0.6) is 11.5 Å². The summed E-state index contributed by atoms with van der Waals surface area (Å²) >= 11 is 0. The number of aliphatic hydroxyl groups is 1. The van der Waals surface area contributed by atoms with Crippen LogP contribution in [0.3, 0.4) is 0 Å². The summed E-state index contributed by atoms with van der Waals surface area (Å²) in [6.45, 7) is 7.64. The second-order valence-corrected chi connectivity index (χ2v) is 6.16. The van der Waals surface area contributed by atoms with Gasteiger partial charge in [0.2, 0.25) is 0 Å². The highest BCUT2D eigenvalue weighted by Gasteiger charge is 2.25. The Bertz CT molecular complexity index is 469. The number of hydrogen-bond donors (Lipinski definition) is 3. The first-order valence-corrected chi connectivity index (χ1v) is 6.98. The SMILES string of the molecule is CC(C)(C)C(CCO)Nc1cc2c(cc1N)OCCO2. The van der Waals surface area contributed by atoms with Gasteiger partial charge in [0.05, 0.1) is 11.4 Å². The minimum Gasteiger partial charge on any atom is -0.486 e. The van der Waals surface area contributed by atoms with Crippen molar-refractivity contribution in [3.8, 4) is 11.5 Å². The third-order valence-electron chi connectivity index (χ3n) is 3.51. The largest absolute Gasteiger partial charge is 0.486 e. The first-order valence-electron chi connectivity index (χ1n) is 6.98. The highest BCUT2D eigenvalue weighted by Crippen LogP contribution is 2.38. The van der Waals surface area contributed by atoms with Crippen molar-refractivity contribution in [2.75, 3.05) is 30.9 Å². The van der Waals surface area contributed by atoms with Gasteiger partial charge in [0.1, 0.15) is 13.2 Å². The van der Waals surface area contributed by atoms with Crippen LogP contribution < -0.4 is 20.5 Å². The zero-order valence-corrected chi connectivity index (χ0v) is 12.4. The van der Waals surface area contributed by atoms with E-state index in [2.05, 4.69) is 26.1 Å². The van der Waals surface area contributed by atoms with Crippen molar-refractivity contribution in [3.05, 3.63) is 12.1 Å². The lowest BCUT2D eigenvalue weighted by Crippen LogP contribution is -2.35. The summed E-state index contributed by atoms with van der Waals surface area (Å²) in [5.41, 5.74) is 7.54. The van der Waals surface area contributed by atoms with E-state index in [9.17, 15) is 5.11 Å². The molecular formula is C15H24N2O3. The smallest absolute Gasteiger partial charge is 0.163 e. The van der Waals surface area contributed by atoms with Gasteiger partial charge in [0, 0.05) is 24.8 Å². The maximum atomic E-state index is 9.22. The number of benzene rings is 1. The number of anilines is 2. The molecule has 1 aliphatic heterocycles. The molecule has 0 aliphatic carbocycles. The summed E-state index contributed by atoms with van der Waals surface area (Å²) in [5.74, 6) is 1.40. The Morgan fingerprint density at radius 3 is 2.40 bits per heavy atom. The minimum atomic E-state index is 0.0163. The minimum absolute atomic E-state index is 0.0163. The van der Waals surface area contributed by atoms with Gasteiger partial charge in [-0.1, -0.05) is 20.8 Å². The van der Waals surface area contributed by atoms with E-state index in [4.69, 9.17) is 15.2 Å². The number of hydrogen-bond acceptors (Lipinski definition) is 5. The molecule has 5 nitrogen and oxygen atoms in total. The van der Waals surface area contributed by atoms with Crippen molar-refractivity contribution in [3.63, 3.8) is 0 Å². The molecule has 4 N–H and O–H groups in total. The molecule has 0 bridgehead atoms. The number of nitrogen functional groups attached to an aromatic ring is 1. The Labute approximate surface area is 120 Å². The number of aliphatic hydroxyl groups excluding tert-OH is 1. The van der Waals surface area contributed by atoms with Gasteiger partial charge in [-0.2, -0.15) is 0 Å². The molecule has 112 valence electrons. The van der Waals surface area contributed by atoms with Crippen molar-refractivity contribution in [1.82, 2.24) is 0 Å². The molecule has 1 aromatic carbocycles. The zero-order valence-electron chi connectivity index (χ0n) is 12.4. The van der Waals surface area contributed by atoms with Gasteiger partial charge in [-0.25, -0.2) is 0 Å². The summed E-state index contributed by atoms with van der Waals surface area (Å²) in [6, 6.07) is 3.78. The summed E-state index contributed by atoms with van der Waals surface area (Å²) in [5, 5.41) is 12.6. The number of ether oxygens (including phenoxy) is 2. The molecule has 0 radical (unpaired) electrons. The third-order valence-corrected chi connectivity index (χ3v) is 3.51. The van der Waals surface area contributed by atoms with E-state index in [0.717, 1.165) is 5.69 Å². The van der Waals surface area contributed by atoms with Crippen molar-refractivity contribution in [2.45, 2.75) is 33.2 Å². The summed E-state index contributed by atoms with van der Waals surface area (Å²) in [4.78, 5) is 0. The molecule has 1 aliphatic rings. The lowest BCUT2D eigenvalue weighted by molar-refractivity contribution is 0.172. The van der Waals surface area contributed by atoms with Gasteiger partial charge < -0.3 is 25.6 Å². The summed E-state index contributed by atoms with van der Waals surface area (Å²) in [7, 11) is 0. The maximum absolute atomic E-state index is 9.22. The van der Waals surface area contributed by atoms with Crippen LogP contribution in [0.15, 0.2) is 12.1 Å². The van der Waals surface area contributed by atoms with Gasteiger partial charge in [-0.15, -0.1) is 0 Å². The molecule has 1 heterocycles. The number of rotatable bonds is 4. The fraction of sp³-hybridized carbons (Fsp3) is 0.600. The molecule has 1 unspecified atom stereocenters. The Hall–Kier alpha value is -1.62. The van der Waals surface area contributed by atoms with E-state index in [1.165, 1.54) is 0 Å². The molecule has 20 heavy (non-hydrogen) atoms. The number of fused-ring (bicyclic) bond motifs is 1. The van der Waals surface area contributed by atoms with Crippen LogP contribution in [0.2, 0.25) is 0 Å². The fourth-order valence-electron chi connectivity index (χ4n) is 2.27. The van der Waals surface area contributed by atoms with E-state index in [0.29, 0.717) is 36.8 Å². The Balaban J connectivity index is 2.23. The van der Waals surface area contributed by atoms with Crippen molar-refractivity contribution in [2.24, 2.45) is 5.41 Å². The molecule has 2 rings (SSSR count).